The van der Waals surface area contributed by atoms with Crippen LogP contribution in [0.25, 0.3) is 16.6 Å². The van der Waals surface area contributed by atoms with E-state index >= 15 is 0 Å². The van der Waals surface area contributed by atoms with Gasteiger partial charge in [0, 0.05) is 38.1 Å². The Hall–Kier alpha value is -5.49. The minimum Gasteiger partial charge on any atom is -0.490 e. The van der Waals surface area contributed by atoms with Crippen LogP contribution in [-0.2, 0) is 14.3 Å². The molecule has 18 heteroatoms. The maximum absolute atomic E-state index is 14.4. The molecule has 3 amide bonds. The van der Waals surface area contributed by atoms with E-state index in [0.717, 1.165) is 86.9 Å². The van der Waals surface area contributed by atoms with Gasteiger partial charge < -0.3 is 24.6 Å². The molecular weight excluding hydrogens is 813 g/mol. The molecule has 0 spiro atoms. The van der Waals surface area contributed by atoms with E-state index in [0.29, 0.717) is 55.2 Å². The summed E-state index contributed by atoms with van der Waals surface area (Å²) in [5.74, 6) is 2.07. The molecule has 2 aliphatic carbocycles. The highest BCUT2D eigenvalue weighted by Crippen LogP contribution is 2.44. The smallest absolute Gasteiger partial charge is 0.284 e. The number of piperidine rings is 2. The maximum Gasteiger partial charge on any atom is 0.284 e. The Balaban J connectivity index is 0.662. The number of imide groups is 1. The molecule has 16 nitrogen and oxygen atoms in total. The molecule has 8 heterocycles. The Labute approximate surface area is 362 Å². The number of fused-ring (bicyclic) bond motifs is 4. The van der Waals surface area contributed by atoms with Crippen LogP contribution in [-0.4, -0.2) is 108 Å². The van der Waals surface area contributed by atoms with Gasteiger partial charge in [0.15, 0.2) is 17.2 Å². The number of hydrogen-bond acceptors (Lipinski definition) is 11. The number of rotatable bonds is 11. The van der Waals surface area contributed by atoms with Gasteiger partial charge in [0.2, 0.25) is 5.91 Å². The maximum atomic E-state index is 14.4. The summed E-state index contributed by atoms with van der Waals surface area (Å²) >= 11 is 0. The lowest BCUT2D eigenvalue weighted by Crippen LogP contribution is -2.44. The number of halogens is 2. The Kier molecular flexibility index (Phi) is 10.4. The predicted octanol–water partition coefficient (Wildman–Crippen LogP) is 6.03. The summed E-state index contributed by atoms with van der Waals surface area (Å²) in [6.07, 6.45) is 12.0. The van der Waals surface area contributed by atoms with Crippen LogP contribution in [0.2, 0.25) is 0 Å². The number of hydrogen-bond donors (Lipinski definition) is 2. The second kappa shape index (κ2) is 16.3. The van der Waals surface area contributed by atoms with Gasteiger partial charge in [-0.1, -0.05) is 6.07 Å². The molecule has 4 aliphatic heterocycles. The first-order chi connectivity index (χ1) is 30.6. The molecule has 4 saturated heterocycles. The average molecular weight is 866 g/mol. The number of likely N-dealkylation sites (tertiary alicyclic amines) is 1. The van der Waals surface area contributed by atoms with Gasteiger partial charge in [-0.3, -0.25) is 29.1 Å². The summed E-state index contributed by atoms with van der Waals surface area (Å²) in [5, 5.41) is 19.9. The third-order valence-corrected chi connectivity index (χ3v) is 14.8. The second-order valence-corrected chi connectivity index (χ2v) is 18.7. The summed E-state index contributed by atoms with van der Waals surface area (Å²) in [5.41, 5.74) is 1.87. The van der Waals surface area contributed by atoms with Gasteiger partial charge in [0.05, 0.1) is 53.2 Å². The zero-order chi connectivity index (χ0) is 42.9. The molecule has 0 radical (unpaired) electrons. The Bertz CT molecular complexity index is 2550. The number of carbonyl (C=O) groups is 3. The van der Waals surface area contributed by atoms with Crippen LogP contribution in [0.5, 0.6) is 5.75 Å². The lowest BCUT2D eigenvalue weighted by atomic mass is 9.70. The Morgan fingerprint density at radius 3 is 2.56 bits per heavy atom. The predicted molar refractivity (Wildman–Crippen MR) is 227 cm³/mol. The first-order valence-corrected chi connectivity index (χ1v) is 22.7. The van der Waals surface area contributed by atoms with E-state index in [-0.39, 0.29) is 47.4 Å². The largest absolute Gasteiger partial charge is 0.490 e. The topological polar surface area (TPSA) is 166 Å². The summed E-state index contributed by atoms with van der Waals surface area (Å²) in [7, 11) is 0. The van der Waals surface area contributed by atoms with Crippen LogP contribution in [0.15, 0.2) is 42.9 Å². The Morgan fingerprint density at radius 1 is 0.984 bits per heavy atom. The van der Waals surface area contributed by atoms with Gasteiger partial charge in [-0.05, 0) is 120 Å². The fourth-order valence-corrected chi connectivity index (χ4v) is 11.4. The number of nitrogens with one attached hydrogen (secondary N) is 2. The molecule has 11 rings (SSSR count). The van der Waals surface area contributed by atoms with Crippen molar-refractivity contribution in [3.8, 4) is 5.75 Å². The standard InChI is InChI=1S/C45H53F2N11O5/c1-25-38-34(58(51-25)35-10-11-37(59)50-44(35)60)4-2-5-36(38)63-31-18-28(19-31)27-12-16-54(17-13-27)21-26-6-8-29(9-7-26)57-23-33(40(52-57)41(46)47)49-45(61)39-42-48-14-3-15-56(42)53-43(39)55-22-32-20-30(55)24-62-32/h2-5,14-15,23,26-32,35,41H,6-13,16-22,24H2,1H3,(H,49,61)(H,50,59,60)/t26?,28?,29?,30-,31?,32-,35?/m1/s1. The van der Waals surface area contributed by atoms with Gasteiger partial charge in [0.1, 0.15) is 17.4 Å². The van der Waals surface area contributed by atoms with E-state index in [2.05, 4.69) is 35.6 Å². The third-order valence-electron chi connectivity index (χ3n) is 14.8. The zero-order valence-electron chi connectivity index (χ0n) is 35.4. The van der Waals surface area contributed by atoms with E-state index in [9.17, 15) is 23.2 Å². The first kappa shape index (κ1) is 40.3. The SMILES string of the molecule is Cc1nn(C2CCC(=O)NC2=O)c2cccc(OC3CC(C4CCN(CC5CCC(n6cc(NC(=O)c7c(N8C[C@H]9C[C@@H]8CO9)nn8cccnc78)c(C(F)F)n6)CC5)CC4)C3)c12. The summed E-state index contributed by atoms with van der Waals surface area (Å²) in [6, 6.07) is 7.21. The number of nitrogens with zero attached hydrogens (tertiary/aromatic N) is 9. The van der Waals surface area contributed by atoms with Gasteiger partial charge in [-0.15, -0.1) is 5.10 Å². The van der Waals surface area contributed by atoms with Crippen molar-refractivity contribution in [2.24, 2.45) is 17.8 Å². The number of morpholine rings is 1. The highest BCUT2D eigenvalue weighted by atomic mass is 19.3. The van der Waals surface area contributed by atoms with Crippen molar-refractivity contribution in [3.05, 3.63) is 59.8 Å². The van der Waals surface area contributed by atoms with E-state index in [1.54, 1.807) is 38.5 Å². The number of benzene rings is 1. The van der Waals surface area contributed by atoms with Crippen LogP contribution in [0.1, 0.15) is 111 Å². The van der Waals surface area contributed by atoms with Crippen LogP contribution in [0.3, 0.4) is 0 Å². The third kappa shape index (κ3) is 7.51. The van der Waals surface area contributed by atoms with Crippen molar-refractivity contribution < 1.29 is 32.6 Å². The fourth-order valence-electron chi connectivity index (χ4n) is 11.4. The molecule has 3 atom stereocenters. The fraction of sp³-hybridized carbons (Fsp3) is 0.578. The van der Waals surface area contributed by atoms with Crippen molar-refractivity contribution in [2.45, 2.75) is 114 Å². The number of carbonyl (C=O) groups excluding carboxylic acids is 3. The minimum atomic E-state index is -2.85. The van der Waals surface area contributed by atoms with Crippen molar-refractivity contribution in [1.29, 1.82) is 0 Å². The molecule has 1 unspecified atom stereocenters. The van der Waals surface area contributed by atoms with Crippen molar-refractivity contribution in [2.75, 3.05) is 43.0 Å². The number of aryl methyl sites for hydroxylation is 1. The first-order valence-electron chi connectivity index (χ1n) is 22.7. The summed E-state index contributed by atoms with van der Waals surface area (Å²) in [4.78, 5) is 47.4. The molecule has 63 heavy (non-hydrogen) atoms. The Morgan fingerprint density at radius 2 is 1.81 bits per heavy atom. The molecule has 2 bridgehead atoms. The molecule has 6 fully saturated rings. The van der Waals surface area contributed by atoms with Gasteiger partial charge in [-0.25, -0.2) is 18.3 Å². The highest BCUT2D eigenvalue weighted by Gasteiger charge is 2.43. The van der Waals surface area contributed by atoms with Gasteiger partial charge in [0.25, 0.3) is 18.2 Å². The molecule has 2 N–H and O–H groups in total. The van der Waals surface area contributed by atoms with Crippen molar-refractivity contribution >= 4 is 45.8 Å². The zero-order valence-corrected chi connectivity index (χ0v) is 35.4. The van der Waals surface area contributed by atoms with Crippen LogP contribution >= 0.6 is 0 Å². The van der Waals surface area contributed by atoms with Gasteiger partial charge >= 0.3 is 0 Å². The van der Waals surface area contributed by atoms with E-state index in [1.807, 2.05) is 25.1 Å². The number of amides is 3. The minimum absolute atomic E-state index is 0.0170. The second-order valence-electron chi connectivity index (χ2n) is 18.7. The normalized spacial score (nSPS) is 28.0. The molecule has 4 aromatic heterocycles. The van der Waals surface area contributed by atoms with Crippen molar-refractivity contribution in [1.82, 2.24) is 44.4 Å². The molecule has 6 aliphatic rings. The number of alkyl halides is 2. The van der Waals surface area contributed by atoms with E-state index in [4.69, 9.17) is 14.6 Å². The van der Waals surface area contributed by atoms with Crippen LogP contribution in [0.4, 0.5) is 20.3 Å². The average Bonchev–Trinajstić information content (AvgIpc) is 4.12. The van der Waals surface area contributed by atoms with Crippen molar-refractivity contribution in [3.63, 3.8) is 0 Å². The quantitative estimate of drug-likeness (QED) is 0.149. The van der Waals surface area contributed by atoms with E-state index < -0.39 is 24.1 Å². The molecule has 5 aromatic rings. The molecule has 332 valence electrons. The van der Waals surface area contributed by atoms with E-state index in [1.165, 1.54) is 12.8 Å². The van der Waals surface area contributed by atoms with Crippen LogP contribution in [0, 0.1) is 24.7 Å². The molecule has 2 saturated carbocycles. The summed E-state index contributed by atoms with van der Waals surface area (Å²) < 4.78 is 46.2. The molecular formula is C45H53F2N11O5. The van der Waals surface area contributed by atoms with Crippen LogP contribution < -0.4 is 20.3 Å². The number of anilines is 2. The van der Waals surface area contributed by atoms with Gasteiger partial charge in [-0.2, -0.15) is 10.2 Å². The highest BCUT2D eigenvalue weighted by molar-refractivity contribution is 6.12. The lowest BCUT2D eigenvalue weighted by molar-refractivity contribution is -0.135. The summed E-state index contributed by atoms with van der Waals surface area (Å²) in [6.45, 7) is 6.33. The monoisotopic (exact) mass is 865 g/mol. The molecule has 1 aromatic carbocycles. The number of ether oxygens (including phenoxy) is 2. The lowest BCUT2D eigenvalue weighted by Gasteiger charge is -2.44. The number of aromatic nitrogens is 7.